The molecular weight excluding hydrogens is 493 g/mol. The summed E-state index contributed by atoms with van der Waals surface area (Å²) < 4.78 is 28.8. The molecule has 2 aliphatic heterocycles. The van der Waals surface area contributed by atoms with Gasteiger partial charge in [0.05, 0.1) is 24.1 Å². The van der Waals surface area contributed by atoms with Gasteiger partial charge in [0, 0.05) is 31.9 Å². The molecule has 2 saturated heterocycles. The number of fused-ring (bicyclic) bond motifs is 2. The molecule has 3 fully saturated rings. The average Bonchev–Trinajstić information content (AvgIpc) is 3.61. The molecule has 5 rings (SSSR count). The molecule has 2 aromatic rings. The lowest BCUT2D eigenvalue weighted by atomic mass is 9.92. The van der Waals surface area contributed by atoms with E-state index in [0.717, 1.165) is 31.7 Å². The Balaban J connectivity index is 0.00000164. The maximum atomic E-state index is 15.7. The summed E-state index contributed by atoms with van der Waals surface area (Å²) in [5.74, 6) is -1.63. The molecule has 3 aliphatic rings. The zero-order chi connectivity index (χ0) is 27.9. The number of ether oxygens (including phenoxy) is 2. The van der Waals surface area contributed by atoms with Gasteiger partial charge < -0.3 is 28.9 Å². The lowest BCUT2D eigenvalue weighted by molar-refractivity contribution is 0.00668. The summed E-state index contributed by atoms with van der Waals surface area (Å²) in [6.07, 6.45) is 4.41. The van der Waals surface area contributed by atoms with Gasteiger partial charge in [-0.2, -0.15) is 0 Å². The third-order valence-corrected chi connectivity index (χ3v) is 7.30. The molecule has 1 saturated carbocycles. The lowest BCUT2D eigenvalue weighted by Crippen LogP contribution is -2.50. The number of aromatic nitrogens is 1. The highest BCUT2D eigenvalue weighted by Crippen LogP contribution is 2.45. The normalized spacial score (nSPS) is 21.0. The Bertz CT molecular complexity index is 1300. The van der Waals surface area contributed by atoms with Crippen molar-refractivity contribution in [1.82, 2.24) is 9.47 Å². The predicted octanol–water partition coefficient (Wildman–Crippen LogP) is 5.04. The number of nitrogens with zero attached hydrogens (tertiary/aromatic N) is 3. The number of benzene rings is 1. The van der Waals surface area contributed by atoms with Crippen LogP contribution in [0.15, 0.2) is 17.1 Å². The standard InChI is InChI=1S/C26H32FN3O6.C2H6/c1-26(2,3)36-25(34)29-9-5-6-14-11-28(13-19(14)29)21-18(27)10-16-20(23(21)35-4)30(15-7-8-15)12-17(22(16)31)24(32)33;1-2/h10,12,14-15,19H,5-9,11,13H2,1-4H3,(H,32,33);1-2H3/t14?,19-;/m1./s1. The molecule has 1 aromatic carbocycles. The maximum absolute atomic E-state index is 15.7. The van der Waals surface area contributed by atoms with Gasteiger partial charge in [0.25, 0.3) is 0 Å². The zero-order valence-electron chi connectivity index (χ0n) is 23.0. The monoisotopic (exact) mass is 531 g/mol. The number of carbonyl (C=O) groups excluding carboxylic acids is 1. The van der Waals surface area contributed by atoms with E-state index < -0.39 is 22.8 Å². The van der Waals surface area contributed by atoms with E-state index in [9.17, 15) is 19.5 Å². The minimum Gasteiger partial charge on any atom is -0.492 e. The number of carbonyl (C=O) groups is 2. The summed E-state index contributed by atoms with van der Waals surface area (Å²) in [7, 11) is 1.43. The molecule has 1 unspecified atom stereocenters. The van der Waals surface area contributed by atoms with Crippen LogP contribution in [0.2, 0.25) is 0 Å². The van der Waals surface area contributed by atoms with Crippen LogP contribution in [0.4, 0.5) is 14.9 Å². The first-order chi connectivity index (χ1) is 18.0. The first kappa shape index (κ1) is 27.7. The molecule has 38 heavy (non-hydrogen) atoms. The van der Waals surface area contributed by atoms with Crippen LogP contribution < -0.4 is 15.1 Å². The molecule has 1 amide bonds. The van der Waals surface area contributed by atoms with Crippen molar-refractivity contribution in [2.45, 2.75) is 78.0 Å². The summed E-state index contributed by atoms with van der Waals surface area (Å²) in [5, 5.41) is 9.54. The van der Waals surface area contributed by atoms with Gasteiger partial charge in [-0.25, -0.2) is 14.0 Å². The lowest BCUT2D eigenvalue weighted by Gasteiger charge is -2.37. The Morgan fingerprint density at radius 3 is 2.39 bits per heavy atom. The Labute approximate surface area is 222 Å². The molecule has 1 aromatic heterocycles. The molecule has 208 valence electrons. The number of pyridine rings is 1. The van der Waals surface area contributed by atoms with Gasteiger partial charge in [-0.05, 0) is 58.4 Å². The van der Waals surface area contributed by atoms with Crippen LogP contribution in [0.3, 0.4) is 0 Å². The number of methoxy groups -OCH3 is 1. The third-order valence-electron chi connectivity index (χ3n) is 7.30. The molecule has 0 bridgehead atoms. The van der Waals surface area contributed by atoms with Gasteiger partial charge in [-0.3, -0.25) is 4.79 Å². The van der Waals surface area contributed by atoms with E-state index in [1.54, 1.807) is 9.47 Å². The van der Waals surface area contributed by atoms with E-state index in [-0.39, 0.29) is 46.5 Å². The number of amides is 1. The quantitative estimate of drug-likeness (QED) is 0.590. The van der Waals surface area contributed by atoms with Crippen molar-refractivity contribution in [2.75, 3.05) is 31.6 Å². The van der Waals surface area contributed by atoms with Crippen LogP contribution in [0.25, 0.3) is 10.9 Å². The fraction of sp³-hybridized carbons (Fsp3) is 0.607. The van der Waals surface area contributed by atoms with E-state index in [4.69, 9.17) is 9.47 Å². The van der Waals surface area contributed by atoms with Crippen molar-refractivity contribution in [2.24, 2.45) is 5.92 Å². The molecule has 1 aliphatic carbocycles. The molecule has 9 nitrogen and oxygen atoms in total. The second kappa shape index (κ2) is 10.5. The van der Waals surface area contributed by atoms with Gasteiger partial charge in [-0.15, -0.1) is 0 Å². The molecule has 1 N–H and O–H groups in total. The third kappa shape index (κ3) is 5.05. The summed E-state index contributed by atoms with van der Waals surface area (Å²) in [6, 6.07) is 1.03. The summed E-state index contributed by atoms with van der Waals surface area (Å²) in [5.41, 5.74) is -1.09. The number of carboxylic acids is 1. The van der Waals surface area contributed by atoms with Crippen LogP contribution in [0.1, 0.15) is 76.7 Å². The summed E-state index contributed by atoms with van der Waals surface area (Å²) >= 11 is 0. The number of halogens is 1. The van der Waals surface area contributed by atoms with Crippen LogP contribution in [0.5, 0.6) is 5.75 Å². The van der Waals surface area contributed by atoms with Crippen molar-refractivity contribution in [3.8, 4) is 5.75 Å². The number of carboxylic acid groups (broad SMARTS) is 1. The van der Waals surface area contributed by atoms with E-state index in [1.165, 1.54) is 13.3 Å². The van der Waals surface area contributed by atoms with Crippen LogP contribution in [-0.4, -0.2) is 65.0 Å². The SMILES string of the molecule is CC.COc1c(N2CC3CCCN(C(=O)OC(C)(C)C)[C@@H]3C2)c(F)cc2c(=O)c(C(=O)O)cn(C3CC3)c12. The van der Waals surface area contributed by atoms with E-state index in [1.807, 2.05) is 39.5 Å². The van der Waals surface area contributed by atoms with Gasteiger partial charge >= 0.3 is 12.1 Å². The Morgan fingerprint density at radius 2 is 1.82 bits per heavy atom. The molecule has 3 heterocycles. The Hall–Kier alpha value is -3.30. The molecular formula is C28H38FN3O6. The van der Waals surface area contributed by atoms with E-state index in [2.05, 4.69) is 0 Å². The Morgan fingerprint density at radius 1 is 1.13 bits per heavy atom. The molecule has 2 atom stereocenters. The number of aromatic carboxylic acids is 1. The van der Waals surface area contributed by atoms with Gasteiger partial charge in [0.2, 0.25) is 5.43 Å². The smallest absolute Gasteiger partial charge is 0.410 e. The first-order valence-electron chi connectivity index (χ1n) is 13.4. The summed E-state index contributed by atoms with van der Waals surface area (Å²) in [6.45, 7) is 11.0. The first-order valence-corrected chi connectivity index (χ1v) is 13.4. The second-order valence-corrected chi connectivity index (χ2v) is 11.0. The fourth-order valence-corrected chi connectivity index (χ4v) is 5.63. The fourth-order valence-electron chi connectivity index (χ4n) is 5.63. The van der Waals surface area contributed by atoms with E-state index in [0.29, 0.717) is 25.2 Å². The highest BCUT2D eigenvalue weighted by Gasteiger charge is 2.44. The molecule has 0 radical (unpaired) electrons. The van der Waals surface area contributed by atoms with Gasteiger partial charge in [0.1, 0.15) is 16.9 Å². The van der Waals surface area contributed by atoms with Crippen molar-refractivity contribution < 1.29 is 28.6 Å². The van der Waals surface area contributed by atoms with E-state index >= 15 is 4.39 Å². The average molecular weight is 532 g/mol. The van der Waals surface area contributed by atoms with Crippen molar-refractivity contribution in [3.05, 3.63) is 33.9 Å². The zero-order valence-corrected chi connectivity index (χ0v) is 23.0. The number of rotatable bonds is 4. The van der Waals surface area contributed by atoms with Crippen LogP contribution in [-0.2, 0) is 4.74 Å². The maximum Gasteiger partial charge on any atom is 0.410 e. The van der Waals surface area contributed by atoms with Crippen molar-refractivity contribution in [1.29, 1.82) is 0 Å². The number of hydrogen-bond donors (Lipinski definition) is 1. The minimum absolute atomic E-state index is 0.00750. The number of likely N-dealkylation sites (tertiary alicyclic amines) is 1. The molecule has 10 heteroatoms. The largest absolute Gasteiger partial charge is 0.492 e. The second-order valence-electron chi connectivity index (χ2n) is 11.0. The minimum atomic E-state index is -1.34. The van der Waals surface area contributed by atoms with Gasteiger partial charge in [-0.1, -0.05) is 13.8 Å². The van der Waals surface area contributed by atoms with Crippen molar-refractivity contribution >= 4 is 28.7 Å². The highest BCUT2D eigenvalue weighted by atomic mass is 19.1. The number of hydrogen-bond acceptors (Lipinski definition) is 6. The predicted molar refractivity (Wildman–Crippen MR) is 143 cm³/mol. The van der Waals surface area contributed by atoms with Crippen LogP contribution >= 0.6 is 0 Å². The topological polar surface area (TPSA) is 101 Å². The molecule has 0 spiro atoms. The number of piperidine rings is 1. The van der Waals surface area contributed by atoms with Crippen molar-refractivity contribution in [3.63, 3.8) is 0 Å². The number of anilines is 1. The highest BCUT2D eigenvalue weighted by molar-refractivity contribution is 5.97. The summed E-state index contributed by atoms with van der Waals surface area (Å²) in [4.78, 5) is 41.2. The van der Waals surface area contributed by atoms with Crippen LogP contribution in [0, 0.1) is 11.7 Å². The Kier molecular flexibility index (Phi) is 7.63. The van der Waals surface area contributed by atoms with Gasteiger partial charge in [0.15, 0.2) is 11.6 Å².